The van der Waals surface area contributed by atoms with Gasteiger partial charge in [0.05, 0.1) is 18.3 Å². The molecule has 4 aliphatic carbocycles. The number of aliphatic hydroxyl groups is 2. The number of ketones is 1. The van der Waals surface area contributed by atoms with Crippen LogP contribution < -0.4 is 0 Å². The Balaban J connectivity index is 1.49. The van der Waals surface area contributed by atoms with Crippen molar-refractivity contribution < 1.29 is 19.7 Å². The number of fused-ring (bicyclic) bond motifs is 5. The van der Waals surface area contributed by atoms with Crippen molar-refractivity contribution >= 4 is 5.78 Å². The normalized spacial score (nSPS) is 53.8. The van der Waals surface area contributed by atoms with Crippen LogP contribution in [0.2, 0.25) is 0 Å². The maximum atomic E-state index is 13.3. The highest BCUT2D eigenvalue weighted by Crippen LogP contribution is 2.66. The molecule has 3 saturated carbocycles. The van der Waals surface area contributed by atoms with Crippen LogP contribution in [0.3, 0.4) is 0 Å². The van der Waals surface area contributed by atoms with Gasteiger partial charge in [-0.15, -0.1) is 0 Å². The first-order valence-corrected chi connectivity index (χ1v) is 11.6. The fourth-order valence-electron chi connectivity index (χ4n) is 8.16. The lowest BCUT2D eigenvalue weighted by molar-refractivity contribution is -0.140. The van der Waals surface area contributed by atoms with Crippen LogP contribution in [0, 0.1) is 34.5 Å². The third-order valence-corrected chi connectivity index (χ3v) is 9.64. The van der Waals surface area contributed by atoms with Crippen molar-refractivity contribution in [3.8, 4) is 0 Å². The minimum Gasteiger partial charge on any atom is -0.393 e. The number of aliphatic hydroxyl groups excluding tert-OH is 2. The number of hydrogen-bond acceptors (Lipinski definition) is 4. The molecule has 9 atom stereocenters. The van der Waals surface area contributed by atoms with E-state index in [4.69, 9.17) is 4.74 Å². The van der Waals surface area contributed by atoms with E-state index in [-0.39, 0.29) is 52.7 Å². The first kappa shape index (κ1) is 19.3. The predicted octanol–water partition coefficient (Wildman–Crippen LogP) is 3.65. The molecule has 0 aromatic rings. The molecule has 156 valence electrons. The van der Waals surface area contributed by atoms with E-state index in [9.17, 15) is 15.0 Å². The smallest absolute Gasteiger partial charge is 0.159 e. The van der Waals surface area contributed by atoms with Gasteiger partial charge in [-0.1, -0.05) is 19.4 Å². The summed E-state index contributed by atoms with van der Waals surface area (Å²) in [7, 11) is 0. The standard InChI is InChI=1S/C24H36O4/c1-23-8-6-15(25)11-14(23)12-18(26)21-16(23)7-9-24(2)17(21)13-19(27)22(24)20-5-3-4-10-28-20/h12,15-17,19-22,25,27H,3-11,13H2,1-2H3/t15-,16?,17?,19+,20?,21?,22+,23-,24-/m0/s1. The molecule has 5 aliphatic rings. The van der Waals surface area contributed by atoms with E-state index < -0.39 is 0 Å². The van der Waals surface area contributed by atoms with Crippen LogP contribution >= 0.6 is 0 Å². The molecule has 1 saturated heterocycles. The average molecular weight is 389 g/mol. The van der Waals surface area contributed by atoms with Crippen molar-refractivity contribution in [2.24, 2.45) is 34.5 Å². The molecule has 4 nitrogen and oxygen atoms in total. The molecule has 0 aromatic heterocycles. The minimum absolute atomic E-state index is 0.00582. The van der Waals surface area contributed by atoms with E-state index in [2.05, 4.69) is 13.8 Å². The maximum absolute atomic E-state index is 13.3. The monoisotopic (exact) mass is 388 g/mol. The Morgan fingerprint density at radius 3 is 2.64 bits per heavy atom. The molecular formula is C24H36O4. The Hall–Kier alpha value is -0.710. The van der Waals surface area contributed by atoms with Gasteiger partial charge in [-0.05, 0) is 86.5 Å². The second-order valence-corrected chi connectivity index (χ2v) is 10.9. The number of ether oxygens (including phenoxy) is 1. The zero-order chi connectivity index (χ0) is 19.7. The summed E-state index contributed by atoms with van der Waals surface area (Å²) in [6.07, 6.45) is 10.1. The fourth-order valence-corrected chi connectivity index (χ4v) is 8.16. The van der Waals surface area contributed by atoms with E-state index in [0.29, 0.717) is 12.3 Å². The summed E-state index contributed by atoms with van der Waals surface area (Å²) in [4.78, 5) is 13.3. The van der Waals surface area contributed by atoms with Crippen LogP contribution in [-0.2, 0) is 9.53 Å². The van der Waals surface area contributed by atoms with Crippen LogP contribution in [0.25, 0.3) is 0 Å². The molecule has 0 radical (unpaired) electrons. The van der Waals surface area contributed by atoms with Gasteiger partial charge in [0.15, 0.2) is 5.78 Å². The zero-order valence-electron chi connectivity index (χ0n) is 17.4. The molecule has 4 fully saturated rings. The second-order valence-electron chi connectivity index (χ2n) is 10.9. The van der Waals surface area contributed by atoms with Crippen molar-refractivity contribution in [3.05, 3.63) is 11.6 Å². The van der Waals surface area contributed by atoms with Crippen LogP contribution in [0.1, 0.15) is 71.6 Å². The predicted molar refractivity (Wildman–Crippen MR) is 107 cm³/mol. The van der Waals surface area contributed by atoms with E-state index in [1.54, 1.807) is 0 Å². The van der Waals surface area contributed by atoms with Crippen molar-refractivity contribution in [1.29, 1.82) is 0 Å². The summed E-state index contributed by atoms with van der Waals surface area (Å²) in [5.41, 5.74) is 1.23. The van der Waals surface area contributed by atoms with Gasteiger partial charge in [0.25, 0.3) is 0 Å². The molecular weight excluding hydrogens is 352 g/mol. The van der Waals surface area contributed by atoms with Gasteiger partial charge in [0.2, 0.25) is 0 Å². The minimum atomic E-state index is -0.351. The topological polar surface area (TPSA) is 66.8 Å². The molecule has 2 N–H and O–H groups in total. The SMILES string of the molecule is C[C@]12CC[C@H](O)CC1=CC(=O)C1C2CC[C@@]2(C)C1C[C@@H](O)[C@@H]2C1CCCCO1. The zero-order valence-corrected chi connectivity index (χ0v) is 17.4. The molecule has 4 unspecified atom stereocenters. The summed E-state index contributed by atoms with van der Waals surface area (Å²) in [6.45, 7) is 5.49. The number of hydrogen-bond donors (Lipinski definition) is 2. The van der Waals surface area contributed by atoms with Gasteiger partial charge >= 0.3 is 0 Å². The van der Waals surface area contributed by atoms with Crippen molar-refractivity contribution in [1.82, 2.24) is 0 Å². The van der Waals surface area contributed by atoms with Gasteiger partial charge in [-0.2, -0.15) is 0 Å². The molecule has 5 rings (SSSR count). The van der Waals surface area contributed by atoms with Crippen molar-refractivity contribution in [3.63, 3.8) is 0 Å². The highest BCUT2D eigenvalue weighted by atomic mass is 16.5. The molecule has 1 heterocycles. The first-order valence-electron chi connectivity index (χ1n) is 11.6. The summed E-state index contributed by atoms with van der Waals surface area (Å²) in [6, 6.07) is 0. The second kappa shape index (κ2) is 6.65. The van der Waals surface area contributed by atoms with Crippen LogP contribution in [0.15, 0.2) is 11.6 Å². The maximum Gasteiger partial charge on any atom is 0.159 e. The Kier molecular flexibility index (Phi) is 4.57. The summed E-state index contributed by atoms with van der Waals surface area (Å²) in [5.74, 6) is 1.08. The van der Waals surface area contributed by atoms with Gasteiger partial charge < -0.3 is 14.9 Å². The molecule has 28 heavy (non-hydrogen) atoms. The highest BCUT2D eigenvalue weighted by Gasteiger charge is 2.64. The Morgan fingerprint density at radius 2 is 1.89 bits per heavy atom. The molecule has 1 aliphatic heterocycles. The third kappa shape index (κ3) is 2.63. The summed E-state index contributed by atoms with van der Waals surface area (Å²) < 4.78 is 6.14. The number of carbonyl (C=O) groups is 1. The summed E-state index contributed by atoms with van der Waals surface area (Å²) >= 11 is 0. The van der Waals surface area contributed by atoms with E-state index in [0.717, 1.165) is 51.6 Å². The molecule has 0 aromatic carbocycles. The molecule has 0 amide bonds. The number of carbonyl (C=O) groups excluding carboxylic acids is 1. The van der Waals surface area contributed by atoms with E-state index in [1.807, 2.05) is 6.08 Å². The van der Waals surface area contributed by atoms with Gasteiger partial charge in [0.1, 0.15) is 0 Å². The average Bonchev–Trinajstić information content (AvgIpc) is 2.94. The van der Waals surface area contributed by atoms with Crippen LogP contribution in [0.5, 0.6) is 0 Å². The Labute approximate surface area is 168 Å². The lowest BCUT2D eigenvalue weighted by Gasteiger charge is -2.57. The highest BCUT2D eigenvalue weighted by molar-refractivity contribution is 5.94. The van der Waals surface area contributed by atoms with E-state index >= 15 is 0 Å². The molecule has 0 bridgehead atoms. The Bertz CT molecular complexity index is 680. The molecule has 4 heteroatoms. The van der Waals surface area contributed by atoms with Gasteiger partial charge in [0, 0.05) is 18.4 Å². The number of allylic oxidation sites excluding steroid dienone is 1. The molecule has 0 spiro atoms. The van der Waals surface area contributed by atoms with Crippen molar-refractivity contribution in [2.75, 3.05) is 6.61 Å². The number of rotatable bonds is 1. The largest absolute Gasteiger partial charge is 0.393 e. The van der Waals surface area contributed by atoms with Crippen molar-refractivity contribution in [2.45, 2.75) is 89.9 Å². The van der Waals surface area contributed by atoms with Crippen LogP contribution in [0.4, 0.5) is 0 Å². The quantitative estimate of drug-likeness (QED) is 0.720. The lowest BCUT2D eigenvalue weighted by atomic mass is 9.47. The van der Waals surface area contributed by atoms with Crippen LogP contribution in [-0.4, -0.2) is 40.9 Å². The van der Waals surface area contributed by atoms with E-state index in [1.165, 1.54) is 12.0 Å². The summed E-state index contributed by atoms with van der Waals surface area (Å²) in [5, 5.41) is 21.3. The third-order valence-electron chi connectivity index (χ3n) is 9.64. The fraction of sp³-hybridized carbons (Fsp3) is 0.875. The Morgan fingerprint density at radius 1 is 1.07 bits per heavy atom. The van der Waals surface area contributed by atoms with Gasteiger partial charge in [-0.3, -0.25) is 4.79 Å². The first-order chi connectivity index (χ1) is 13.3. The lowest BCUT2D eigenvalue weighted by Crippen LogP contribution is -2.54. The van der Waals surface area contributed by atoms with Gasteiger partial charge in [-0.25, -0.2) is 0 Å².